The van der Waals surface area contributed by atoms with Gasteiger partial charge in [0.25, 0.3) is 0 Å². The second-order valence-electron chi connectivity index (χ2n) is 6.85. The van der Waals surface area contributed by atoms with Crippen LogP contribution in [0.4, 0.5) is 0 Å². The lowest BCUT2D eigenvalue weighted by atomic mass is 9.72. The van der Waals surface area contributed by atoms with E-state index in [2.05, 4.69) is 24.0 Å². The number of aromatic nitrogens is 2. The zero-order valence-electron chi connectivity index (χ0n) is 12.6. The molecule has 22 heavy (non-hydrogen) atoms. The maximum Gasteiger partial charge on any atom is 0.221 e. The molecule has 5 heteroatoms. The van der Waals surface area contributed by atoms with Crippen molar-refractivity contribution >= 4 is 5.91 Å². The van der Waals surface area contributed by atoms with Crippen LogP contribution in [0.15, 0.2) is 36.5 Å². The van der Waals surface area contributed by atoms with Gasteiger partial charge in [-0.05, 0) is 11.0 Å². The molecule has 2 heterocycles. The SMILES string of the molecule is CC1(C)C(C(N)=O)C(c2ccccc2)C2Oc3cn[nH]c3C21. The van der Waals surface area contributed by atoms with Crippen LogP contribution in [0.2, 0.25) is 0 Å². The third-order valence-corrected chi connectivity index (χ3v) is 5.34. The fraction of sp³-hybridized carbons (Fsp3) is 0.412. The van der Waals surface area contributed by atoms with Crippen LogP contribution in [0, 0.1) is 11.3 Å². The lowest BCUT2D eigenvalue weighted by Gasteiger charge is -2.30. The summed E-state index contributed by atoms with van der Waals surface area (Å²) in [4.78, 5) is 12.2. The van der Waals surface area contributed by atoms with Gasteiger partial charge in [0.15, 0.2) is 5.75 Å². The summed E-state index contributed by atoms with van der Waals surface area (Å²) in [5, 5.41) is 7.12. The number of amides is 1. The monoisotopic (exact) mass is 297 g/mol. The molecule has 0 bridgehead atoms. The number of primary amides is 1. The standard InChI is InChI=1S/C17H19N3O2/c1-17(2)12(16(18)21)11(9-6-4-3-5-7-9)15-13(17)14-10(22-15)8-19-20-14/h3-8,11-13,15H,1-2H3,(H2,18,21)(H,19,20). The lowest BCUT2D eigenvalue weighted by Crippen LogP contribution is -2.36. The van der Waals surface area contributed by atoms with Gasteiger partial charge in [-0.1, -0.05) is 44.2 Å². The van der Waals surface area contributed by atoms with Crippen molar-refractivity contribution in [1.29, 1.82) is 0 Å². The number of fused-ring (bicyclic) bond motifs is 3. The molecule has 0 spiro atoms. The zero-order chi connectivity index (χ0) is 15.5. The van der Waals surface area contributed by atoms with E-state index < -0.39 is 0 Å². The highest BCUT2D eigenvalue weighted by atomic mass is 16.5. The molecule has 2 aliphatic rings. The Bertz CT molecular complexity index is 723. The Morgan fingerprint density at radius 3 is 2.73 bits per heavy atom. The summed E-state index contributed by atoms with van der Waals surface area (Å²) in [7, 11) is 0. The normalized spacial score (nSPS) is 31.4. The third kappa shape index (κ3) is 1.59. The van der Waals surface area contributed by atoms with E-state index in [1.54, 1.807) is 6.20 Å². The van der Waals surface area contributed by atoms with Crippen molar-refractivity contribution in [2.75, 3.05) is 0 Å². The smallest absolute Gasteiger partial charge is 0.221 e. The van der Waals surface area contributed by atoms with Gasteiger partial charge in [-0.2, -0.15) is 5.10 Å². The van der Waals surface area contributed by atoms with Gasteiger partial charge < -0.3 is 10.5 Å². The van der Waals surface area contributed by atoms with Crippen LogP contribution in [0.25, 0.3) is 0 Å². The van der Waals surface area contributed by atoms with Crippen LogP contribution in [0.3, 0.4) is 0 Å². The van der Waals surface area contributed by atoms with Gasteiger partial charge in [0.2, 0.25) is 5.91 Å². The van der Waals surface area contributed by atoms with E-state index in [1.807, 2.05) is 30.3 Å². The van der Waals surface area contributed by atoms with E-state index in [0.29, 0.717) is 0 Å². The number of hydrogen-bond donors (Lipinski definition) is 2. The van der Waals surface area contributed by atoms with Crippen molar-refractivity contribution in [2.45, 2.75) is 31.8 Å². The Morgan fingerprint density at radius 1 is 1.32 bits per heavy atom. The first-order chi connectivity index (χ1) is 10.5. The van der Waals surface area contributed by atoms with Gasteiger partial charge in [-0.3, -0.25) is 9.89 Å². The predicted octanol–water partition coefficient (Wildman–Crippen LogP) is 2.18. The second-order valence-corrected chi connectivity index (χ2v) is 6.85. The van der Waals surface area contributed by atoms with Crippen molar-refractivity contribution in [3.05, 3.63) is 47.8 Å². The predicted molar refractivity (Wildman–Crippen MR) is 81.4 cm³/mol. The Balaban J connectivity index is 1.87. The summed E-state index contributed by atoms with van der Waals surface area (Å²) in [6.45, 7) is 4.20. The molecule has 1 aliphatic heterocycles. The first-order valence-electron chi connectivity index (χ1n) is 7.56. The number of nitrogens with zero attached hydrogens (tertiary/aromatic N) is 1. The summed E-state index contributed by atoms with van der Waals surface area (Å²) < 4.78 is 6.15. The zero-order valence-corrected chi connectivity index (χ0v) is 12.6. The number of hydrogen-bond acceptors (Lipinski definition) is 3. The molecule has 2 aromatic rings. The molecule has 1 fully saturated rings. The number of H-pyrrole nitrogens is 1. The molecular weight excluding hydrogens is 278 g/mol. The highest BCUT2D eigenvalue weighted by Gasteiger charge is 2.63. The first kappa shape index (κ1) is 13.4. The largest absolute Gasteiger partial charge is 0.485 e. The number of nitrogens with one attached hydrogen (secondary N) is 1. The Labute approximate surface area is 128 Å². The number of benzene rings is 1. The summed E-state index contributed by atoms with van der Waals surface area (Å²) in [6.07, 6.45) is 1.63. The lowest BCUT2D eigenvalue weighted by molar-refractivity contribution is -0.125. The topological polar surface area (TPSA) is 81.0 Å². The van der Waals surface area contributed by atoms with Crippen LogP contribution in [-0.2, 0) is 4.79 Å². The van der Waals surface area contributed by atoms with Gasteiger partial charge in [0, 0.05) is 11.8 Å². The van der Waals surface area contributed by atoms with Crippen LogP contribution >= 0.6 is 0 Å². The fourth-order valence-corrected chi connectivity index (χ4v) is 4.50. The van der Waals surface area contributed by atoms with E-state index in [4.69, 9.17) is 10.5 Å². The van der Waals surface area contributed by atoms with Crippen LogP contribution < -0.4 is 10.5 Å². The number of ether oxygens (including phenoxy) is 1. The molecule has 1 aromatic carbocycles. The Morgan fingerprint density at radius 2 is 2.05 bits per heavy atom. The molecule has 4 rings (SSSR count). The van der Waals surface area contributed by atoms with E-state index >= 15 is 0 Å². The molecule has 5 nitrogen and oxygen atoms in total. The molecule has 4 atom stereocenters. The molecular formula is C17H19N3O2. The fourth-order valence-electron chi connectivity index (χ4n) is 4.50. The van der Waals surface area contributed by atoms with E-state index in [9.17, 15) is 4.79 Å². The minimum atomic E-state index is -0.297. The van der Waals surface area contributed by atoms with Gasteiger partial charge >= 0.3 is 0 Å². The number of carbonyl (C=O) groups is 1. The van der Waals surface area contributed by atoms with Crippen molar-refractivity contribution in [3.63, 3.8) is 0 Å². The number of carbonyl (C=O) groups excluding carboxylic acids is 1. The van der Waals surface area contributed by atoms with Crippen LogP contribution in [-0.4, -0.2) is 22.2 Å². The molecule has 1 saturated carbocycles. The van der Waals surface area contributed by atoms with Crippen molar-refractivity contribution in [1.82, 2.24) is 10.2 Å². The maximum absolute atomic E-state index is 12.2. The minimum Gasteiger partial charge on any atom is -0.485 e. The first-order valence-corrected chi connectivity index (χ1v) is 7.56. The number of rotatable bonds is 2. The summed E-state index contributed by atoms with van der Waals surface area (Å²) >= 11 is 0. The average Bonchev–Trinajstić information content (AvgIpc) is 3.09. The van der Waals surface area contributed by atoms with E-state index in [1.165, 1.54) is 0 Å². The minimum absolute atomic E-state index is 0.0421. The van der Waals surface area contributed by atoms with Gasteiger partial charge in [0.1, 0.15) is 6.10 Å². The molecule has 1 amide bonds. The number of aromatic amines is 1. The van der Waals surface area contributed by atoms with Gasteiger partial charge in [0.05, 0.1) is 17.8 Å². The molecule has 1 aliphatic carbocycles. The molecule has 114 valence electrons. The van der Waals surface area contributed by atoms with Gasteiger partial charge in [-0.25, -0.2) is 0 Å². The highest BCUT2D eigenvalue weighted by molar-refractivity contribution is 5.80. The van der Waals surface area contributed by atoms with Crippen molar-refractivity contribution in [2.24, 2.45) is 17.1 Å². The van der Waals surface area contributed by atoms with Gasteiger partial charge in [-0.15, -0.1) is 0 Å². The third-order valence-electron chi connectivity index (χ3n) is 5.34. The van der Waals surface area contributed by atoms with E-state index in [-0.39, 0.29) is 35.2 Å². The number of nitrogens with two attached hydrogens (primary N) is 1. The summed E-state index contributed by atoms with van der Waals surface area (Å²) in [5.41, 5.74) is 7.57. The van der Waals surface area contributed by atoms with Crippen molar-refractivity contribution < 1.29 is 9.53 Å². The molecule has 4 unspecified atom stereocenters. The van der Waals surface area contributed by atoms with E-state index in [0.717, 1.165) is 17.0 Å². The summed E-state index contributed by atoms with van der Waals surface area (Å²) in [6, 6.07) is 10.1. The second kappa shape index (κ2) is 4.35. The van der Waals surface area contributed by atoms with Crippen molar-refractivity contribution in [3.8, 4) is 5.75 Å². The molecule has 3 N–H and O–H groups in total. The Kier molecular flexibility index (Phi) is 2.64. The average molecular weight is 297 g/mol. The van der Waals surface area contributed by atoms with Crippen LogP contribution in [0.5, 0.6) is 5.75 Å². The quantitative estimate of drug-likeness (QED) is 0.891. The van der Waals surface area contributed by atoms with Crippen LogP contribution in [0.1, 0.15) is 36.9 Å². The highest BCUT2D eigenvalue weighted by Crippen LogP contribution is 2.63. The maximum atomic E-state index is 12.2. The summed E-state index contributed by atoms with van der Waals surface area (Å²) in [5.74, 6) is 0.304. The Hall–Kier alpha value is -2.30. The molecule has 0 saturated heterocycles. The molecule has 0 radical (unpaired) electrons. The molecule has 1 aromatic heterocycles.